The van der Waals surface area contributed by atoms with Crippen LogP contribution in [0.25, 0.3) is 0 Å². The molecule has 0 aromatic rings. The van der Waals surface area contributed by atoms with Crippen molar-refractivity contribution < 1.29 is 14.7 Å². The average Bonchev–Trinajstić information content (AvgIpc) is 2.56. The molecule has 1 aliphatic heterocycles. The zero-order valence-electron chi connectivity index (χ0n) is 10.3. The van der Waals surface area contributed by atoms with Crippen molar-refractivity contribution in [1.29, 1.82) is 0 Å². The Morgan fingerprint density at radius 3 is 2.78 bits per heavy atom. The second-order valence-corrected chi connectivity index (χ2v) is 5.54. The number of thiocarbonyl (C=S) groups is 1. The molecule has 98 valence electrons. The number of aliphatic carboxylic acids is 1. The van der Waals surface area contributed by atoms with Crippen molar-refractivity contribution in [2.75, 3.05) is 6.54 Å². The standard InChI is InChI=1S/C12H15NO3S2/c1-3-8(2)7-9-11(16)13(12(17)18-9)6-4-5-10(14)15/h3,7H,4-6H2,1-2H3,(H,14,15). The Kier molecular flexibility index (Phi) is 5.55. The van der Waals surface area contributed by atoms with Gasteiger partial charge in [0.2, 0.25) is 0 Å². The van der Waals surface area contributed by atoms with Gasteiger partial charge in [-0.15, -0.1) is 0 Å². The van der Waals surface area contributed by atoms with Crippen molar-refractivity contribution in [3.05, 3.63) is 22.6 Å². The van der Waals surface area contributed by atoms with Crippen LogP contribution in [0.1, 0.15) is 26.7 Å². The molecule has 1 fully saturated rings. The molecule has 0 radical (unpaired) electrons. The van der Waals surface area contributed by atoms with Crippen molar-refractivity contribution in [1.82, 2.24) is 4.90 Å². The molecule has 1 heterocycles. The molecule has 0 saturated carbocycles. The molecule has 0 aromatic heterocycles. The van der Waals surface area contributed by atoms with Gasteiger partial charge in [-0.1, -0.05) is 35.6 Å². The van der Waals surface area contributed by atoms with Gasteiger partial charge in [0.15, 0.2) is 0 Å². The van der Waals surface area contributed by atoms with Gasteiger partial charge in [0.1, 0.15) is 4.32 Å². The van der Waals surface area contributed by atoms with Crippen LogP contribution in [-0.4, -0.2) is 32.7 Å². The Balaban J connectivity index is 2.67. The van der Waals surface area contributed by atoms with Crippen molar-refractivity contribution in [2.24, 2.45) is 0 Å². The summed E-state index contributed by atoms with van der Waals surface area (Å²) in [5.41, 5.74) is 1.00. The van der Waals surface area contributed by atoms with Crippen LogP contribution in [0.5, 0.6) is 0 Å². The molecule has 1 saturated heterocycles. The number of amides is 1. The average molecular weight is 285 g/mol. The number of carbonyl (C=O) groups excluding carboxylic acids is 1. The summed E-state index contributed by atoms with van der Waals surface area (Å²) < 4.78 is 0.501. The minimum Gasteiger partial charge on any atom is -0.481 e. The number of thioether (sulfide) groups is 1. The number of carboxylic acids is 1. The number of hydrogen-bond acceptors (Lipinski definition) is 4. The molecular formula is C12H15NO3S2. The Labute approximate surface area is 116 Å². The summed E-state index contributed by atoms with van der Waals surface area (Å²) in [6, 6.07) is 0. The maximum atomic E-state index is 12.0. The van der Waals surface area contributed by atoms with E-state index in [0.29, 0.717) is 22.2 Å². The van der Waals surface area contributed by atoms with Crippen molar-refractivity contribution in [3.8, 4) is 0 Å². The second-order valence-electron chi connectivity index (χ2n) is 3.86. The van der Waals surface area contributed by atoms with Crippen LogP contribution >= 0.6 is 24.0 Å². The van der Waals surface area contributed by atoms with Crippen LogP contribution in [0.2, 0.25) is 0 Å². The summed E-state index contributed by atoms with van der Waals surface area (Å²) in [4.78, 5) is 24.5. The fourth-order valence-electron chi connectivity index (χ4n) is 1.37. The maximum Gasteiger partial charge on any atom is 0.303 e. The molecule has 0 spiro atoms. The molecule has 1 amide bonds. The highest BCUT2D eigenvalue weighted by Gasteiger charge is 2.31. The highest BCUT2D eigenvalue weighted by molar-refractivity contribution is 8.26. The molecule has 4 nitrogen and oxygen atoms in total. The lowest BCUT2D eigenvalue weighted by Crippen LogP contribution is -2.29. The third-order valence-electron chi connectivity index (χ3n) is 2.46. The van der Waals surface area contributed by atoms with Crippen LogP contribution in [0.4, 0.5) is 0 Å². The highest BCUT2D eigenvalue weighted by Crippen LogP contribution is 2.31. The van der Waals surface area contributed by atoms with Gasteiger partial charge >= 0.3 is 5.97 Å². The molecule has 0 aliphatic carbocycles. The highest BCUT2D eigenvalue weighted by atomic mass is 32.2. The van der Waals surface area contributed by atoms with Crippen molar-refractivity contribution >= 4 is 40.2 Å². The normalized spacial score (nSPS) is 18.9. The molecule has 0 aromatic carbocycles. The number of carboxylic acid groups (broad SMARTS) is 1. The van der Waals surface area contributed by atoms with Gasteiger partial charge in [0.25, 0.3) is 5.91 Å². The smallest absolute Gasteiger partial charge is 0.303 e. The molecule has 6 heteroatoms. The summed E-state index contributed by atoms with van der Waals surface area (Å²) in [5, 5.41) is 8.56. The number of carbonyl (C=O) groups is 2. The number of hydrogen-bond donors (Lipinski definition) is 1. The Morgan fingerprint density at radius 1 is 1.56 bits per heavy atom. The third kappa shape index (κ3) is 3.96. The summed E-state index contributed by atoms with van der Waals surface area (Å²) in [7, 11) is 0. The lowest BCUT2D eigenvalue weighted by molar-refractivity contribution is -0.137. The number of rotatable bonds is 5. The van der Waals surface area contributed by atoms with Gasteiger partial charge in [-0.3, -0.25) is 14.5 Å². The topological polar surface area (TPSA) is 57.6 Å². The third-order valence-corrected chi connectivity index (χ3v) is 3.84. The fraction of sp³-hybridized carbons (Fsp3) is 0.417. The van der Waals surface area contributed by atoms with E-state index in [0.717, 1.165) is 5.57 Å². The molecular weight excluding hydrogens is 270 g/mol. The molecule has 1 N–H and O–H groups in total. The molecule has 18 heavy (non-hydrogen) atoms. The van der Waals surface area contributed by atoms with Crippen molar-refractivity contribution in [3.63, 3.8) is 0 Å². The first-order valence-corrected chi connectivity index (χ1v) is 6.78. The Hall–Kier alpha value is -1.14. The van der Waals surface area contributed by atoms with E-state index in [9.17, 15) is 9.59 Å². The van der Waals surface area contributed by atoms with E-state index < -0.39 is 5.97 Å². The number of nitrogens with zero attached hydrogens (tertiary/aromatic N) is 1. The summed E-state index contributed by atoms with van der Waals surface area (Å²) in [6.45, 7) is 4.18. The van der Waals surface area contributed by atoms with E-state index in [4.69, 9.17) is 17.3 Å². The van der Waals surface area contributed by atoms with Crippen LogP contribution in [0.3, 0.4) is 0 Å². The molecule has 0 atom stereocenters. The minimum absolute atomic E-state index is 0.0456. The van der Waals surface area contributed by atoms with Crippen LogP contribution < -0.4 is 0 Å². The zero-order valence-corrected chi connectivity index (χ0v) is 11.9. The monoisotopic (exact) mass is 285 g/mol. The van der Waals surface area contributed by atoms with Crippen LogP contribution in [0, 0.1) is 0 Å². The van der Waals surface area contributed by atoms with Gasteiger partial charge in [0, 0.05) is 13.0 Å². The summed E-state index contributed by atoms with van der Waals surface area (Å²) in [5.74, 6) is -0.989. The number of allylic oxidation sites excluding steroid dienone is 3. The fourth-order valence-corrected chi connectivity index (χ4v) is 2.73. The predicted molar refractivity (Wildman–Crippen MR) is 76.3 cm³/mol. The Bertz CT molecular complexity index is 441. The van der Waals surface area contributed by atoms with Gasteiger partial charge in [-0.25, -0.2) is 0 Å². The van der Waals surface area contributed by atoms with Gasteiger partial charge in [-0.2, -0.15) is 0 Å². The quantitative estimate of drug-likeness (QED) is 0.621. The van der Waals surface area contributed by atoms with E-state index in [-0.39, 0.29) is 12.3 Å². The molecule has 1 rings (SSSR count). The van der Waals surface area contributed by atoms with E-state index in [2.05, 4.69) is 0 Å². The van der Waals surface area contributed by atoms with Gasteiger partial charge in [-0.05, 0) is 26.3 Å². The van der Waals surface area contributed by atoms with Crippen LogP contribution in [0.15, 0.2) is 22.6 Å². The molecule has 1 aliphatic rings. The Morgan fingerprint density at radius 2 is 2.22 bits per heavy atom. The molecule has 0 unspecified atom stereocenters. The molecule has 0 bridgehead atoms. The lowest BCUT2D eigenvalue weighted by atomic mass is 10.2. The van der Waals surface area contributed by atoms with E-state index in [1.54, 1.807) is 6.08 Å². The van der Waals surface area contributed by atoms with Crippen molar-refractivity contribution in [2.45, 2.75) is 26.7 Å². The van der Waals surface area contributed by atoms with E-state index in [1.807, 2.05) is 19.9 Å². The van der Waals surface area contributed by atoms with E-state index in [1.165, 1.54) is 16.7 Å². The SMILES string of the molecule is CC=C(C)C=C1SC(=S)N(CCCC(=O)O)C1=O. The zero-order chi connectivity index (χ0) is 13.7. The first-order valence-electron chi connectivity index (χ1n) is 5.55. The van der Waals surface area contributed by atoms with Crippen LogP contribution in [-0.2, 0) is 9.59 Å². The summed E-state index contributed by atoms with van der Waals surface area (Å²) in [6.07, 6.45) is 4.18. The second kappa shape index (κ2) is 6.70. The summed E-state index contributed by atoms with van der Waals surface area (Å²) >= 11 is 6.39. The van der Waals surface area contributed by atoms with E-state index >= 15 is 0 Å². The van der Waals surface area contributed by atoms with Gasteiger partial charge < -0.3 is 5.11 Å². The minimum atomic E-state index is -0.860. The largest absolute Gasteiger partial charge is 0.481 e. The predicted octanol–water partition coefficient (Wildman–Crippen LogP) is 2.56. The first-order chi connectivity index (χ1) is 8.45. The lowest BCUT2D eigenvalue weighted by Gasteiger charge is -2.13. The van der Waals surface area contributed by atoms with Gasteiger partial charge in [0.05, 0.1) is 4.91 Å². The maximum absolute atomic E-state index is 12.0. The first kappa shape index (κ1) is 14.9.